The Hall–Kier alpha value is -1.55. The van der Waals surface area contributed by atoms with Crippen LogP contribution in [0.1, 0.15) is 25.0 Å². The van der Waals surface area contributed by atoms with Crippen molar-refractivity contribution < 1.29 is 14.3 Å². The fraction of sp³-hybridized carbons (Fsp3) is 0.462. The maximum Gasteiger partial charge on any atom is 0.244 e. The van der Waals surface area contributed by atoms with Gasteiger partial charge < -0.3 is 14.8 Å². The summed E-state index contributed by atoms with van der Waals surface area (Å²) in [7, 11) is 0. The minimum atomic E-state index is -0.260. The third kappa shape index (κ3) is 3.46. The lowest BCUT2D eigenvalue weighted by atomic mass is 10.1. The second kappa shape index (κ2) is 5.68. The van der Waals surface area contributed by atoms with Gasteiger partial charge in [0.1, 0.15) is 5.76 Å². The van der Waals surface area contributed by atoms with Crippen molar-refractivity contribution >= 4 is 12.0 Å². The summed E-state index contributed by atoms with van der Waals surface area (Å²) in [6.45, 7) is 0.544. The molecule has 1 aliphatic carbocycles. The predicted octanol–water partition coefficient (Wildman–Crippen LogP) is 1.57. The quantitative estimate of drug-likeness (QED) is 0.779. The molecule has 0 saturated heterocycles. The summed E-state index contributed by atoms with van der Waals surface area (Å²) < 4.78 is 5.07. The number of rotatable bonds is 4. The highest BCUT2D eigenvalue weighted by Gasteiger charge is 2.24. The Morgan fingerprint density at radius 3 is 3.12 bits per heavy atom. The molecular weight excluding hydrogens is 218 g/mol. The first-order chi connectivity index (χ1) is 8.25. The number of nitrogens with one attached hydrogen (secondary N) is 1. The van der Waals surface area contributed by atoms with Gasteiger partial charge in [-0.25, -0.2) is 0 Å². The molecule has 4 heteroatoms. The fourth-order valence-corrected chi connectivity index (χ4v) is 2.09. The topological polar surface area (TPSA) is 62.5 Å². The first-order valence-electron chi connectivity index (χ1n) is 5.93. The van der Waals surface area contributed by atoms with E-state index in [-0.39, 0.29) is 17.9 Å². The van der Waals surface area contributed by atoms with Gasteiger partial charge in [-0.1, -0.05) is 6.42 Å². The number of hydrogen-bond acceptors (Lipinski definition) is 3. The zero-order valence-electron chi connectivity index (χ0n) is 9.63. The minimum Gasteiger partial charge on any atom is -0.465 e. The number of amides is 1. The number of aliphatic hydroxyl groups excluding tert-OH is 1. The standard InChI is InChI=1S/C13H17NO3/c15-12-5-1-3-10(12)9-14-13(16)7-6-11-4-2-8-17-11/h2,4,6-8,10,12,15H,1,3,5,9H2,(H,14,16). The molecule has 1 fully saturated rings. The zero-order chi connectivity index (χ0) is 12.1. The van der Waals surface area contributed by atoms with Gasteiger partial charge in [0, 0.05) is 18.5 Å². The molecule has 2 rings (SSSR count). The summed E-state index contributed by atoms with van der Waals surface area (Å²) in [4.78, 5) is 11.5. The van der Waals surface area contributed by atoms with Crippen molar-refractivity contribution in [1.29, 1.82) is 0 Å². The first-order valence-corrected chi connectivity index (χ1v) is 5.93. The van der Waals surface area contributed by atoms with Gasteiger partial charge in [0.25, 0.3) is 0 Å². The summed E-state index contributed by atoms with van der Waals surface area (Å²) in [6, 6.07) is 3.55. The molecule has 2 atom stereocenters. The van der Waals surface area contributed by atoms with Gasteiger partial charge in [-0.15, -0.1) is 0 Å². The van der Waals surface area contributed by atoms with E-state index in [1.54, 1.807) is 24.5 Å². The SMILES string of the molecule is O=C(C=Cc1ccco1)NCC1CCCC1O. The van der Waals surface area contributed by atoms with Crippen molar-refractivity contribution in [2.75, 3.05) is 6.54 Å². The van der Waals surface area contributed by atoms with Gasteiger partial charge in [-0.05, 0) is 31.1 Å². The van der Waals surface area contributed by atoms with Crippen LogP contribution in [0.5, 0.6) is 0 Å². The normalized spacial score (nSPS) is 24.3. The summed E-state index contributed by atoms with van der Waals surface area (Å²) in [5.41, 5.74) is 0. The van der Waals surface area contributed by atoms with Crippen molar-refractivity contribution in [3.8, 4) is 0 Å². The van der Waals surface area contributed by atoms with Crippen molar-refractivity contribution in [2.24, 2.45) is 5.92 Å². The monoisotopic (exact) mass is 235 g/mol. The van der Waals surface area contributed by atoms with Gasteiger partial charge in [0.05, 0.1) is 12.4 Å². The second-order valence-electron chi connectivity index (χ2n) is 4.35. The molecule has 0 bridgehead atoms. The highest BCUT2D eigenvalue weighted by atomic mass is 16.3. The van der Waals surface area contributed by atoms with Crippen LogP contribution >= 0.6 is 0 Å². The van der Waals surface area contributed by atoms with E-state index in [0.29, 0.717) is 12.3 Å². The highest BCUT2D eigenvalue weighted by Crippen LogP contribution is 2.24. The molecule has 2 N–H and O–H groups in total. The molecule has 0 spiro atoms. The minimum absolute atomic E-state index is 0.152. The Bertz CT molecular complexity index is 383. The molecule has 1 heterocycles. The van der Waals surface area contributed by atoms with E-state index in [1.165, 1.54) is 6.08 Å². The lowest BCUT2D eigenvalue weighted by molar-refractivity contribution is -0.116. The summed E-state index contributed by atoms with van der Waals surface area (Å²) in [5, 5.41) is 12.4. The molecule has 92 valence electrons. The first kappa shape index (κ1) is 11.9. The summed E-state index contributed by atoms with van der Waals surface area (Å²) in [6.07, 6.45) is 7.26. The largest absolute Gasteiger partial charge is 0.465 e. The average Bonchev–Trinajstić information content (AvgIpc) is 2.95. The van der Waals surface area contributed by atoms with Crippen LogP contribution in [-0.4, -0.2) is 23.7 Å². The Morgan fingerprint density at radius 1 is 1.59 bits per heavy atom. The number of furan rings is 1. The Morgan fingerprint density at radius 2 is 2.47 bits per heavy atom. The Kier molecular flexibility index (Phi) is 3.98. The van der Waals surface area contributed by atoms with Crippen LogP contribution in [0.2, 0.25) is 0 Å². The van der Waals surface area contributed by atoms with E-state index in [2.05, 4.69) is 5.32 Å². The molecule has 17 heavy (non-hydrogen) atoms. The molecule has 2 unspecified atom stereocenters. The Labute approximate surface area is 100 Å². The van der Waals surface area contributed by atoms with Crippen LogP contribution in [-0.2, 0) is 4.79 Å². The molecule has 0 radical (unpaired) electrons. The molecule has 0 aromatic carbocycles. The van der Waals surface area contributed by atoms with Crippen molar-refractivity contribution in [3.63, 3.8) is 0 Å². The summed E-state index contributed by atoms with van der Waals surface area (Å²) in [5.74, 6) is 0.706. The van der Waals surface area contributed by atoms with Crippen LogP contribution in [0, 0.1) is 5.92 Å². The van der Waals surface area contributed by atoms with Crippen LogP contribution in [0.25, 0.3) is 6.08 Å². The molecule has 1 aromatic rings. The van der Waals surface area contributed by atoms with Gasteiger partial charge in [-0.3, -0.25) is 4.79 Å². The molecule has 0 aliphatic heterocycles. The Balaban J connectivity index is 1.74. The van der Waals surface area contributed by atoms with E-state index < -0.39 is 0 Å². The second-order valence-corrected chi connectivity index (χ2v) is 4.35. The smallest absolute Gasteiger partial charge is 0.244 e. The van der Waals surface area contributed by atoms with Gasteiger partial charge >= 0.3 is 0 Å². The maximum absolute atomic E-state index is 11.5. The van der Waals surface area contributed by atoms with Crippen LogP contribution < -0.4 is 5.32 Å². The number of carbonyl (C=O) groups excluding carboxylic acids is 1. The average molecular weight is 235 g/mol. The van der Waals surface area contributed by atoms with E-state index in [0.717, 1.165) is 19.3 Å². The van der Waals surface area contributed by atoms with Crippen molar-refractivity contribution in [2.45, 2.75) is 25.4 Å². The summed E-state index contributed by atoms with van der Waals surface area (Å²) >= 11 is 0. The zero-order valence-corrected chi connectivity index (χ0v) is 9.63. The maximum atomic E-state index is 11.5. The van der Waals surface area contributed by atoms with Gasteiger partial charge in [-0.2, -0.15) is 0 Å². The van der Waals surface area contributed by atoms with E-state index in [1.807, 2.05) is 0 Å². The molecular formula is C13H17NO3. The predicted molar refractivity (Wildman–Crippen MR) is 64.1 cm³/mol. The van der Waals surface area contributed by atoms with Crippen molar-refractivity contribution in [3.05, 3.63) is 30.2 Å². The molecule has 4 nitrogen and oxygen atoms in total. The molecule has 1 saturated carbocycles. The molecule has 1 aliphatic rings. The lowest BCUT2D eigenvalue weighted by Crippen LogP contribution is -2.31. The molecule has 1 amide bonds. The highest BCUT2D eigenvalue weighted by molar-refractivity contribution is 5.91. The van der Waals surface area contributed by atoms with Crippen molar-refractivity contribution in [1.82, 2.24) is 5.32 Å². The third-order valence-electron chi connectivity index (χ3n) is 3.10. The number of aliphatic hydroxyl groups is 1. The van der Waals surface area contributed by atoms with Gasteiger partial charge in [0.2, 0.25) is 5.91 Å². The van der Waals surface area contributed by atoms with Crippen LogP contribution in [0.3, 0.4) is 0 Å². The van der Waals surface area contributed by atoms with E-state index >= 15 is 0 Å². The van der Waals surface area contributed by atoms with Crippen LogP contribution in [0.15, 0.2) is 28.9 Å². The number of carbonyl (C=O) groups is 1. The van der Waals surface area contributed by atoms with E-state index in [4.69, 9.17) is 4.42 Å². The molecule has 1 aromatic heterocycles. The van der Waals surface area contributed by atoms with E-state index in [9.17, 15) is 9.90 Å². The lowest BCUT2D eigenvalue weighted by Gasteiger charge is -2.13. The van der Waals surface area contributed by atoms with Crippen LogP contribution in [0.4, 0.5) is 0 Å². The fourth-order valence-electron chi connectivity index (χ4n) is 2.09. The van der Waals surface area contributed by atoms with Gasteiger partial charge in [0.15, 0.2) is 0 Å². The third-order valence-corrected chi connectivity index (χ3v) is 3.10. The number of hydrogen-bond donors (Lipinski definition) is 2.